The smallest absolute Gasteiger partial charge is 0.145 e. The van der Waals surface area contributed by atoms with Gasteiger partial charge in [-0.1, -0.05) is 6.07 Å². The number of nitrogens with one attached hydrogen (secondary N) is 1. The number of hydrogen-bond acceptors (Lipinski definition) is 3. The number of halogens is 1. The number of aromatic nitrogens is 1. The number of pyridine rings is 1. The molecule has 1 aliphatic rings. The van der Waals surface area contributed by atoms with Crippen LogP contribution in [-0.2, 0) is 6.54 Å². The fraction of sp³-hybridized carbons (Fsp3) is 0.267. The van der Waals surface area contributed by atoms with Crippen LogP contribution in [0.15, 0.2) is 47.2 Å². The van der Waals surface area contributed by atoms with Crippen LogP contribution in [-0.4, -0.2) is 11.0 Å². The summed E-state index contributed by atoms with van der Waals surface area (Å²) < 4.78 is 6.74. The van der Waals surface area contributed by atoms with Gasteiger partial charge >= 0.3 is 0 Å². The minimum atomic E-state index is 0.727. The van der Waals surface area contributed by atoms with Crippen LogP contribution in [0.25, 0.3) is 0 Å². The second-order valence-electron chi connectivity index (χ2n) is 4.71. The van der Waals surface area contributed by atoms with Gasteiger partial charge in [0.2, 0.25) is 0 Å². The van der Waals surface area contributed by atoms with Crippen LogP contribution in [0.4, 0.5) is 0 Å². The first-order valence-corrected chi connectivity index (χ1v) is 7.20. The summed E-state index contributed by atoms with van der Waals surface area (Å²) in [6, 6.07) is 10.7. The molecule has 0 bridgehead atoms. The maximum absolute atomic E-state index is 5.77. The summed E-state index contributed by atoms with van der Waals surface area (Å²) in [7, 11) is 0. The SMILES string of the molecule is Brc1cc(CNC2CC2)ccc1Oc1cccnc1. The third kappa shape index (κ3) is 3.55. The van der Waals surface area contributed by atoms with Gasteiger partial charge in [-0.25, -0.2) is 0 Å². The fourth-order valence-electron chi connectivity index (χ4n) is 1.82. The lowest BCUT2D eigenvalue weighted by Crippen LogP contribution is -2.15. The van der Waals surface area contributed by atoms with E-state index < -0.39 is 0 Å². The van der Waals surface area contributed by atoms with Crippen molar-refractivity contribution < 1.29 is 4.74 Å². The Balaban J connectivity index is 1.68. The van der Waals surface area contributed by atoms with Crippen molar-refractivity contribution >= 4 is 15.9 Å². The van der Waals surface area contributed by atoms with Crippen molar-refractivity contribution in [2.24, 2.45) is 0 Å². The van der Waals surface area contributed by atoms with Gasteiger partial charge in [-0.15, -0.1) is 0 Å². The van der Waals surface area contributed by atoms with Crippen LogP contribution in [0.3, 0.4) is 0 Å². The second-order valence-corrected chi connectivity index (χ2v) is 5.57. The highest BCUT2D eigenvalue weighted by atomic mass is 79.9. The lowest BCUT2D eigenvalue weighted by Gasteiger charge is -2.09. The molecule has 0 amide bonds. The van der Waals surface area contributed by atoms with E-state index in [1.54, 1.807) is 12.4 Å². The van der Waals surface area contributed by atoms with Gasteiger partial charge in [-0.05, 0) is 58.6 Å². The van der Waals surface area contributed by atoms with Crippen LogP contribution >= 0.6 is 15.9 Å². The lowest BCUT2D eigenvalue weighted by atomic mass is 10.2. The second kappa shape index (κ2) is 5.72. The molecule has 0 saturated heterocycles. The maximum Gasteiger partial charge on any atom is 0.145 e. The van der Waals surface area contributed by atoms with E-state index in [9.17, 15) is 0 Å². The van der Waals surface area contributed by atoms with E-state index in [0.717, 1.165) is 28.6 Å². The maximum atomic E-state index is 5.77. The molecule has 1 aliphatic carbocycles. The first-order chi connectivity index (χ1) is 9.31. The van der Waals surface area contributed by atoms with Crippen LogP contribution in [0, 0.1) is 0 Å². The van der Waals surface area contributed by atoms with Gasteiger partial charge < -0.3 is 10.1 Å². The van der Waals surface area contributed by atoms with E-state index in [1.165, 1.54) is 18.4 Å². The standard InChI is InChI=1S/C15H15BrN2O/c16-14-8-11(9-18-12-4-5-12)3-6-15(14)19-13-2-1-7-17-10-13/h1-3,6-8,10,12,18H,4-5,9H2. The Morgan fingerprint density at radius 2 is 2.21 bits per heavy atom. The fourth-order valence-corrected chi connectivity index (χ4v) is 2.33. The van der Waals surface area contributed by atoms with Crippen molar-refractivity contribution in [2.45, 2.75) is 25.4 Å². The Bertz CT molecular complexity index is 555. The Kier molecular flexibility index (Phi) is 3.80. The van der Waals surface area contributed by atoms with Gasteiger partial charge in [-0.3, -0.25) is 4.98 Å². The summed E-state index contributed by atoms with van der Waals surface area (Å²) in [5.74, 6) is 1.55. The lowest BCUT2D eigenvalue weighted by molar-refractivity contribution is 0.477. The zero-order chi connectivity index (χ0) is 13.1. The zero-order valence-electron chi connectivity index (χ0n) is 10.5. The van der Waals surface area contributed by atoms with Crippen LogP contribution in [0.5, 0.6) is 11.5 Å². The summed E-state index contributed by atoms with van der Waals surface area (Å²) in [5, 5.41) is 3.50. The number of nitrogens with zero attached hydrogens (tertiary/aromatic N) is 1. The van der Waals surface area contributed by atoms with Gasteiger partial charge in [0.05, 0.1) is 10.7 Å². The Morgan fingerprint density at radius 3 is 2.89 bits per heavy atom. The summed E-state index contributed by atoms with van der Waals surface area (Å²) >= 11 is 3.55. The van der Waals surface area contributed by atoms with Gasteiger partial charge in [0, 0.05) is 18.8 Å². The Labute approximate surface area is 121 Å². The number of benzene rings is 1. The monoisotopic (exact) mass is 318 g/mol. The molecule has 0 unspecified atom stereocenters. The number of hydrogen-bond donors (Lipinski definition) is 1. The zero-order valence-corrected chi connectivity index (χ0v) is 12.1. The molecule has 19 heavy (non-hydrogen) atoms. The molecule has 1 aromatic carbocycles. The average Bonchev–Trinajstić information content (AvgIpc) is 3.25. The quantitative estimate of drug-likeness (QED) is 0.908. The largest absolute Gasteiger partial charge is 0.455 e. The van der Waals surface area contributed by atoms with E-state index >= 15 is 0 Å². The third-order valence-electron chi connectivity index (χ3n) is 3.03. The summed E-state index contributed by atoms with van der Waals surface area (Å²) in [5.41, 5.74) is 1.26. The third-order valence-corrected chi connectivity index (χ3v) is 3.65. The predicted octanol–water partition coefficient (Wildman–Crippen LogP) is 3.89. The van der Waals surface area contributed by atoms with Crippen molar-refractivity contribution in [3.8, 4) is 11.5 Å². The van der Waals surface area contributed by atoms with Crippen molar-refractivity contribution in [1.82, 2.24) is 10.3 Å². The molecule has 3 nitrogen and oxygen atoms in total. The highest BCUT2D eigenvalue weighted by molar-refractivity contribution is 9.10. The minimum absolute atomic E-state index is 0.727. The molecule has 1 aromatic heterocycles. The molecule has 1 N–H and O–H groups in total. The van der Waals surface area contributed by atoms with E-state index in [4.69, 9.17) is 4.74 Å². The van der Waals surface area contributed by atoms with Crippen molar-refractivity contribution in [1.29, 1.82) is 0 Å². The molecule has 1 heterocycles. The Morgan fingerprint density at radius 1 is 1.32 bits per heavy atom. The molecule has 0 aliphatic heterocycles. The van der Waals surface area contributed by atoms with Crippen LogP contribution < -0.4 is 10.1 Å². The molecule has 4 heteroatoms. The molecule has 2 aromatic rings. The highest BCUT2D eigenvalue weighted by Gasteiger charge is 2.20. The molecule has 98 valence electrons. The molecule has 1 saturated carbocycles. The van der Waals surface area contributed by atoms with Crippen LogP contribution in [0.1, 0.15) is 18.4 Å². The van der Waals surface area contributed by atoms with Gasteiger partial charge in [0.25, 0.3) is 0 Å². The van der Waals surface area contributed by atoms with Gasteiger partial charge in [0.1, 0.15) is 11.5 Å². The number of rotatable bonds is 5. The van der Waals surface area contributed by atoms with Gasteiger partial charge in [0.15, 0.2) is 0 Å². The van der Waals surface area contributed by atoms with Gasteiger partial charge in [-0.2, -0.15) is 0 Å². The molecular formula is C15H15BrN2O. The average molecular weight is 319 g/mol. The molecule has 3 rings (SSSR count). The van der Waals surface area contributed by atoms with Crippen molar-refractivity contribution in [3.63, 3.8) is 0 Å². The number of ether oxygens (including phenoxy) is 1. The van der Waals surface area contributed by atoms with E-state index in [0.29, 0.717) is 0 Å². The minimum Gasteiger partial charge on any atom is -0.455 e. The van der Waals surface area contributed by atoms with E-state index in [1.807, 2.05) is 18.2 Å². The topological polar surface area (TPSA) is 34.1 Å². The predicted molar refractivity (Wildman–Crippen MR) is 78.3 cm³/mol. The normalized spacial score (nSPS) is 14.4. The molecule has 0 spiro atoms. The van der Waals surface area contributed by atoms with Crippen molar-refractivity contribution in [3.05, 3.63) is 52.8 Å². The summed E-state index contributed by atoms with van der Waals surface area (Å²) in [6.07, 6.45) is 6.05. The molecular weight excluding hydrogens is 304 g/mol. The van der Waals surface area contributed by atoms with E-state index in [-0.39, 0.29) is 0 Å². The van der Waals surface area contributed by atoms with E-state index in [2.05, 4.69) is 38.4 Å². The molecule has 0 atom stereocenters. The summed E-state index contributed by atoms with van der Waals surface area (Å²) in [4.78, 5) is 4.03. The summed E-state index contributed by atoms with van der Waals surface area (Å²) in [6.45, 7) is 0.913. The van der Waals surface area contributed by atoms with Crippen molar-refractivity contribution in [2.75, 3.05) is 0 Å². The highest BCUT2D eigenvalue weighted by Crippen LogP contribution is 2.30. The first kappa shape index (κ1) is 12.6. The molecule has 1 fully saturated rings. The van der Waals surface area contributed by atoms with Crippen LogP contribution in [0.2, 0.25) is 0 Å². The first-order valence-electron chi connectivity index (χ1n) is 6.41. The molecule has 0 radical (unpaired) electrons. The Hall–Kier alpha value is -1.39.